The first kappa shape index (κ1) is 15.4. The predicted octanol–water partition coefficient (Wildman–Crippen LogP) is -0.898. The highest BCUT2D eigenvalue weighted by atomic mass is 16.5. The molecule has 0 aliphatic carbocycles. The third-order valence-electron chi connectivity index (χ3n) is 2.15. The predicted molar refractivity (Wildman–Crippen MR) is 59.0 cm³/mol. The molecule has 0 heterocycles. The first-order valence-electron chi connectivity index (χ1n) is 5.15. The zero-order valence-corrected chi connectivity index (χ0v) is 10.1. The summed E-state index contributed by atoms with van der Waals surface area (Å²) in [5.74, 6) is -2.62. The van der Waals surface area contributed by atoms with Crippen molar-refractivity contribution >= 4 is 17.8 Å². The highest BCUT2D eigenvalue weighted by molar-refractivity contribution is 5.89. The van der Waals surface area contributed by atoms with Crippen molar-refractivity contribution in [3.63, 3.8) is 0 Å². The molecule has 0 spiro atoms. The second-order valence-electron chi connectivity index (χ2n) is 3.96. The van der Waals surface area contributed by atoms with Crippen LogP contribution < -0.4 is 11.1 Å². The van der Waals surface area contributed by atoms with Crippen molar-refractivity contribution in [2.75, 3.05) is 7.11 Å². The van der Waals surface area contributed by atoms with Gasteiger partial charge in [0.15, 0.2) is 0 Å². The molecule has 0 aromatic heterocycles. The molecule has 1 amide bonds. The highest BCUT2D eigenvalue weighted by Crippen LogP contribution is 2.04. The van der Waals surface area contributed by atoms with Crippen molar-refractivity contribution in [1.29, 1.82) is 0 Å². The molecule has 0 aromatic rings. The summed E-state index contributed by atoms with van der Waals surface area (Å²) in [5, 5.41) is 10.9. The number of methoxy groups -OCH3 is 1. The zero-order chi connectivity index (χ0) is 13.6. The highest BCUT2D eigenvalue weighted by Gasteiger charge is 2.27. The molecule has 17 heavy (non-hydrogen) atoms. The maximum Gasteiger partial charge on any atom is 0.328 e. The smallest absolute Gasteiger partial charge is 0.328 e. The molecule has 0 saturated carbocycles. The lowest BCUT2D eigenvalue weighted by Crippen LogP contribution is -2.51. The number of nitrogens with two attached hydrogens (primary N) is 1. The Bertz CT molecular complexity index is 303. The molecule has 98 valence electrons. The summed E-state index contributed by atoms with van der Waals surface area (Å²) in [5.41, 5.74) is 5.36. The Balaban J connectivity index is 4.50. The average molecular weight is 246 g/mol. The van der Waals surface area contributed by atoms with Crippen molar-refractivity contribution in [2.24, 2.45) is 11.7 Å². The molecule has 0 aromatic carbocycles. The molecular weight excluding hydrogens is 228 g/mol. The second kappa shape index (κ2) is 6.85. The molecule has 0 unspecified atom stereocenters. The van der Waals surface area contributed by atoms with E-state index in [-0.39, 0.29) is 5.92 Å². The van der Waals surface area contributed by atoms with Gasteiger partial charge in [0.25, 0.3) is 0 Å². The number of carbonyl (C=O) groups excluding carboxylic acids is 2. The largest absolute Gasteiger partial charge is 0.481 e. The van der Waals surface area contributed by atoms with Gasteiger partial charge in [-0.15, -0.1) is 0 Å². The van der Waals surface area contributed by atoms with Gasteiger partial charge < -0.3 is 20.9 Å². The van der Waals surface area contributed by atoms with Crippen LogP contribution in [-0.4, -0.2) is 42.1 Å². The summed E-state index contributed by atoms with van der Waals surface area (Å²) in [6.07, 6.45) is -0.488. The Hall–Kier alpha value is -1.63. The van der Waals surface area contributed by atoms with Crippen LogP contribution in [0.1, 0.15) is 20.3 Å². The van der Waals surface area contributed by atoms with E-state index in [9.17, 15) is 14.4 Å². The molecule has 0 bridgehead atoms. The van der Waals surface area contributed by atoms with Crippen LogP contribution in [0.15, 0.2) is 0 Å². The standard InChI is InChI=1S/C10H18N2O5/c1-5(2)8(10(16)17-3)12-9(15)6(11)4-7(13)14/h5-6,8H,4,11H2,1-3H3,(H,12,15)(H,13,14)/t6-,8+/m0/s1. The lowest BCUT2D eigenvalue weighted by Gasteiger charge is -2.21. The van der Waals surface area contributed by atoms with E-state index in [2.05, 4.69) is 10.1 Å². The Kier molecular flexibility index (Phi) is 6.19. The quantitative estimate of drug-likeness (QED) is 0.523. The number of carboxylic acid groups (broad SMARTS) is 1. The van der Waals surface area contributed by atoms with Gasteiger partial charge >= 0.3 is 11.9 Å². The second-order valence-corrected chi connectivity index (χ2v) is 3.96. The van der Waals surface area contributed by atoms with Crippen LogP contribution >= 0.6 is 0 Å². The number of nitrogens with one attached hydrogen (secondary N) is 1. The molecule has 7 heteroatoms. The molecular formula is C10H18N2O5. The van der Waals surface area contributed by atoms with Crippen LogP contribution in [0.3, 0.4) is 0 Å². The van der Waals surface area contributed by atoms with Crippen molar-refractivity contribution in [1.82, 2.24) is 5.32 Å². The fourth-order valence-corrected chi connectivity index (χ4v) is 1.17. The fourth-order valence-electron chi connectivity index (χ4n) is 1.17. The Labute approximate surface area is 99.3 Å². The molecule has 0 radical (unpaired) electrons. The molecule has 2 atom stereocenters. The van der Waals surface area contributed by atoms with Crippen LogP contribution in [0.4, 0.5) is 0 Å². The van der Waals surface area contributed by atoms with Gasteiger partial charge in [0.2, 0.25) is 5.91 Å². The maximum atomic E-state index is 11.5. The minimum absolute atomic E-state index is 0.177. The van der Waals surface area contributed by atoms with Crippen molar-refractivity contribution in [2.45, 2.75) is 32.4 Å². The number of hydrogen-bond donors (Lipinski definition) is 3. The number of ether oxygens (including phenoxy) is 1. The topological polar surface area (TPSA) is 119 Å². The molecule has 0 aliphatic heterocycles. The molecule has 0 fully saturated rings. The molecule has 7 nitrogen and oxygen atoms in total. The van der Waals surface area contributed by atoms with Crippen LogP contribution in [0.2, 0.25) is 0 Å². The zero-order valence-electron chi connectivity index (χ0n) is 10.1. The van der Waals surface area contributed by atoms with Gasteiger partial charge in [-0.3, -0.25) is 9.59 Å². The summed E-state index contributed by atoms with van der Waals surface area (Å²) >= 11 is 0. The third kappa shape index (κ3) is 5.30. The van der Waals surface area contributed by atoms with Crippen LogP contribution in [-0.2, 0) is 19.1 Å². The maximum absolute atomic E-state index is 11.5. The van der Waals surface area contributed by atoms with Crippen LogP contribution in [0.25, 0.3) is 0 Å². The van der Waals surface area contributed by atoms with Gasteiger partial charge in [0.1, 0.15) is 6.04 Å². The number of carboxylic acids is 1. The van der Waals surface area contributed by atoms with Crippen molar-refractivity contribution in [3.05, 3.63) is 0 Å². The van der Waals surface area contributed by atoms with E-state index in [4.69, 9.17) is 10.8 Å². The summed E-state index contributed by atoms with van der Waals surface area (Å²) in [4.78, 5) is 33.2. The third-order valence-corrected chi connectivity index (χ3v) is 2.15. The lowest BCUT2D eigenvalue weighted by atomic mass is 10.0. The minimum atomic E-state index is -1.18. The number of hydrogen-bond acceptors (Lipinski definition) is 5. The molecule has 4 N–H and O–H groups in total. The normalized spacial score (nSPS) is 13.9. The number of aliphatic carboxylic acids is 1. The van der Waals surface area contributed by atoms with Gasteiger partial charge in [0, 0.05) is 0 Å². The Morgan fingerprint density at radius 3 is 2.24 bits per heavy atom. The molecule has 0 aliphatic rings. The van der Waals surface area contributed by atoms with Gasteiger partial charge in [-0.2, -0.15) is 0 Å². The van der Waals surface area contributed by atoms with Gasteiger partial charge in [0.05, 0.1) is 19.6 Å². The average Bonchev–Trinajstić information content (AvgIpc) is 2.22. The van der Waals surface area contributed by atoms with Crippen molar-refractivity contribution in [3.8, 4) is 0 Å². The van der Waals surface area contributed by atoms with Crippen LogP contribution in [0, 0.1) is 5.92 Å². The van der Waals surface area contributed by atoms with Gasteiger partial charge in [-0.1, -0.05) is 13.8 Å². The van der Waals surface area contributed by atoms with E-state index < -0.39 is 36.4 Å². The SMILES string of the molecule is COC(=O)[C@H](NC(=O)[C@@H](N)CC(=O)O)C(C)C. The Morgan fingerprint density at radius 2 is 1.88 bits per heavy atom. The number of esters is 1. The first-order valence-corrected chi connectivity index (χ1v) is 5.15. The summed E-state index contributed by atoms with van der Waals surface area (Å²) < 4.78 is 4.52. The van der Waals surface area contributed by atoms with E-state index in [1.54, 1.807) is 13.8 Å². The van der Waals surface area contributed by atoms with E-state index >= 15 is 0 Å². The minimum Gasteiger partial charge on any atom is -0.481 e. The number of rotatable bonds is 6. The lowest BCUT2D eigenvalue weighted by molar-refractivity contribution is -0.146. The Morgan fingerprint density at radius 1 is 1.35 bits per heavy atom. The summed E-state index contributed by atoms with van der Waals surface area (Å²) in [6.45, 7) is 3.45. The summed E-state index contributed by atoms with van der Waals surface area (Å²) in [7, 11) is 1.21. The summed E-state index contributed by atoms with van der Waals surface area (Å²) in [6, 6.07) is -2.01. The van der Waals surface area contributed by atoms with E-state index in [1.807, 2.05) is 0 Å². The van der Waals surface area contributed by atoms with E-state index in [0.29, 0.717) is 0 Å². The first-order chi connectivity index (χ1) is 7.79. The van der Waals surface area contributed by atoms with Gasteiger partial charge in [-0.05, 0) is 5.92 Å². The van der Waals surface area contributed by atoms with E-state index in [1.165, 1.54) is 7.11 Å². The fraction of sp³-hybridized carbons (Fsp3) is 0.700. The van der Waals surface area contributed by atoms with E-state index in [0.717, 1.165) is 0 Å². The van der Waals surface area contributed by atoms with Crippen molar-refractivity contribution < 1.29 is 24.2 Å². The molecule has 0 rings (SSSR count). The van der Waals surface area contributed by atoms with Gasteiger partial charge in [-0.25, -0.2) is 4.79 Å². The van der Waals surface area contributed by atoms with Crippen LogP contribution in [0.5, 0.6) is 0 Å². The monoisotopic (exact) mass is 246 g/mol. The molecule has 0 saturated heterocycles. The number of carbonyl (C=O) groups is 3. The number of amides is 1.